The van der Waals surface area contributed by atoms with Crippen LogP contribution in [0.25, 0.3) is 0 Å². The molecule has 0 atom stereocenters. The first-order chi connectivity index (χ1) is 18.4. The molecule has 4 aromatic rings. The van der Waals surface area contributed by atoms with Crippen LogP contribution in [0, 0.1) is 0 Å². The van der Waals surface area contributed by atoms with Gasteiger partial charge in [0.25, 0.3) is 5.24 Å². The van der Waals surface area contributed by atoms with Crippen LogP contribution in [0.3, 0.4) is 0 Å². The first-order valence-electron chi connectivity index (χ1n) is 11.5. The Morgan fingerprint density at radius 3 is 1.45 bits per heavy atom. The van der Waals surface area contributed by atoms with E-state index < -0.39 is 11.2 Å². The second-order valence-corrected chi connectivity index (χ2v) is 8.20. The van der Waals surface area contributed by atoms with Gasteiger partial charge in [-0.1, -0.05) is 60.7 Å². The molecule has 0 saturated heterocycles. The van der Waals surface area contributed by atoms with Crippen molar-refractivity contribution in [2.75, 3.05) is 14.2 Å². The van der Waals surface area contributed by atoms with Gasteiger partial charge in [-0.2, -0.15) is 0 Å². The molecule has 0 spiro atoms. The molecular weight excluding hydrogens is 508 g/mol. The highest BCUT2D eigenvalue weighted by molar-refractivity contribution is 6.67. The number of hydrogen-bond donors (Lipinski definition) is 1. The molecule has 0 amide bonds. The lowest BCUT2D eigenvalue weighted by atomic mass is 10.2. The Balaban J connectivity index is 0.000000211. The van der Waals surface area contributed by atoms with Crippen molar-refractivity contribution in [2.45, 2.75) is 13.2 Å². The van der Waals surface area contributed by atoms with Gasteiger partial charge in [0.2, 0.25) is 0 Å². The van der Waals surface area contributed by atoms with Gasteiger partial charge in [0.15, 0.2) is 23.0 Å². The number of rotatable bonds is 10. The average Bonchev–Trinajstić information content (AvgIpc) is 2.96. The molecule has 0 unspecified atom stereocenters. The molecule has 4 aromatic carbocycles. The van der Waals surface area contributed by atoms with Crippen molar-refractivity contribution in [1.29, 1.82) is 0 Å². The van der Waals surface area contributed by atoms with Gasteiger partial charge in [-0.05, 0) is 59.1 Å². The fourth-order valence-corrected chi connectivity index (χ4v) is 3.42. The summed E-state index contributed by atoms with van der Waals surface area (Å²) < 4.78 is 21.6. The number of carboxylic acids is 1. The highest BCUT2D eigenvalue weighted by Gasteiger charge is 2.11. The number of methoxy groups -OCH3 is 2. The lowest BCUT2D eigenvalue weighted by Crippen LogP contribution is -2.00. The third-order valence-corrected chi connectivity index (χ3v) is 5.49. The highest BCUT2D eigenvalue weighted by Crippen LogP contribution is 2.30. The maximum absolute atomic E-state index is 11.1. The molecule has 4 rings (SSSR count). The SMILES string of the molecule is COc1cc(C(=O)Cl)ccc1OCc1ccccc1.COc1cc(C(=O)O)ccc1OCc1ccccc1. The van der Waals surface area contributed by atoms with E-state index in [0.29, 0.717) is 41.8 Å². The molecule has 0 fully saturated rings. The molecule has 0 aliphatic heterocycles. The Bertz CT molecular complexity index is 1240. The van der Waals surface area contributed by atoms with Crippen LogP contribution in [0.4, 0.5) is 0 Å². The molecule has 196 valence electrons. The Kier molecular flexibility index (Phi) is 10.6. The molecule has 1 N–H and O–H groups in total. The molecule has 0 bridgehead atoms. The van der Waals surface area contributed by atoms with Crippen LogP contribution in [0.5, 0.6) is 23.0 Å². The molecule has 0 aliphatic rings. The number of benzene rings is 4. The van der Waals surface area contributed by atoms with Crippen molar-refractivity contribution in [3.05, 3.63) is 119 Å². The third kappa shape index (κ3) is 8.28. The van der Waals surface area contributed by atoms with Crippen molar-refractivity contribution in [3.63, 3.8) is 0 Å². The number of ether oxygens (including phenoxy) is 4. The minimum Gasteiger partial charge on any atom is -0.493 e. The third-order valence-electron chi connectivity index (χ3n) is 5.28. The number of hydrogen-bond acceptors (Lipinski definition) is 6. The topological polar surface area (TPSA) is 91.3 Å². The standard InChI is InChI=1S/C15H13ClO3.C15H14O4/c2*1-18-14-9-12(15(16)17)7-8-13(14)19-10-11-5-3-2-4-6-11/h2-9H,10H2,1H3;2-9H,10H2,1H3,(H,16,17). The van der Waals surface area contributed by atoms with Gasteiger partial charge in [0, 0.05) is 5.56 Å². The minimum atomic E-state index is -0.993. The average molecular weight is 535 g/mol. The summed E-state index contributed by atoms with van der Waals surface area (Å²) in [6.45, 7) is 0.842. The van der Waals surface area contributed by atoms with Gasteiger partial charge >= 0.3 is 5.97 Å². The number of halogens is 1. The summed E-state index contributed by atoms with van der Waals surface area (Å²) in [5, 5.41) is 8.39. The van der Waals surface area contributed by atoms with E-state index in [1.165, 1.54) is 26.4 Å². The van der Waals surface area contributed by atoms with Crippen LogP contribution in [0.2, 0.25) is 0 Å². The smallest absolute Gasteiger partial charge is 0.335 e. The van der Waals surface area contributed by atoms with Crippen LogP contribution in [0.1, 0.15) is 31.8 Å². The van der Waals surface area contributed by atoms with Gasteiger partial charge in [-0.15, -0.1) is 0 Å². The zero-order valence-corrected chi connectivity index (χ0v) is 21.7. The van der Waals surface area contributed by atoms with E-state index in [2.05, 4.69) is 0 Å². The quantitative estimate of drug-likeness (QED) is 0.228. The lowest BCUT2D eigenvalue weighted by molar-refractivity contribution is 0.0696. The summed E-state index contributed by atoms with van der Waals surface area (Å²) >= 11 is 5.42. The molecule has 8 heteroatoms. The maximum atomic E-state index is 11.1. The fraction of sp³-hybridized carbons (Fsp3) is 0.133. The van der Waals surface area contributed by atoms with E-state index in [9.17, 15) is 9.59 Å². The van der Waals surface area contributed by atoms with Crippen molar-refractivity contribution in [1.82, 2.24) is 0 Å². The molecule has 0 aliphatic carbocycles. The second kappa shape index (κ2) is 14.3. The van der Waals surface area contributed by atoms with E-state index in [4.69, 9.17) is 35.7 Å². The van der Waals surface area contributed by atoms with Crippen LogP contribution >= 0.6 is 11.6 Å². The fourth-order valence-electron chi connectivity index (χ4n) is 3.30. The first kappa shape index (κ1) is 28.1. The lowest BCUT2D eigenvalue weighted by Gasteiger charge is -2.11. The summed E-state index contributed by atoms with van der Waals surface area (Å²) in [4.78, 5) is 21.9. The largest absolute Gasteiger partial charge is 0.493 e. The first-order valence-corrected chi connectivity index (χ1v) is 11.9. The Labute approximate surface area is 226 Å². The highest BCUT2D eigenvalue weighted by atomic mass is 35.5. The monoisotopic (exact) mass is 534 g/mol. The predicted octanol–water partition coefficient (Wildman–Crippen LogP) is 6.63. The van der Waals surface area contributed by atoms with Crippen molar-refractivity contribution in [2.24, 2.45) is 0 Å². The van der Waals surface area contributed by atoms with Crippen LogP contribution < -0.4 is 18.9 Å². The minimum absolute atomic E-state index is 0.170. The number of carbonyl (C=O) groups is 2. The van der Waals surface area contributed by atoms with E-state index in [0.717, 1.165) is 11.1 Å². The number of carboxylic acid groups (broad SMARTS) is 1. The Morgan fingerprint density at radius 2 is 1.05 bits per heavy atom. The Hall–Kier alpha value is -4.49. The van der Waals surface area contributed by atoms with Gasteiger partial charge in [0.1, 0.15) is 13.2 Å². The molecule has 38 heavy (non-hydrogen) atoms. The van der Waals surface area contributed by atoms with Gasteiger partial charge in [0.05, 0.1) is 19.8 Å². The molecule has 0 radical (unpaired) electrons. The van der Waals surface area contributed by atoms with E-state index in [1.54, 1.807) is 24.3 Å². The summed E-state index contributed by atoms with van der Waals surface area (Å²) in [5.41, 5.74) is 2.64. The summed E-state index contributed by atoms with van der Waals surface area (Å²) in [6, 6.07) is 28.9. The van der Waals surface area contributed by atoms with E-state index >= 15 is 0 Å². The van der Waals surface area contributed by atoms with Crippen molar-refractivity contribution in [3.8, 4) is 23.0 Å². The normalized spacial score (nSPS) is 9.97. The molecule has 0 saturated carbocycles. The summed E-state index contributed by atoms with van der Waals surface area (Å²) in [5.74, 6) is 1.01. The number of carbonyl (C=O) groups excluding carboxylic acids is 1. The summed E-state index contributed by atoms with van der Waals surface area (Å²) in [7, 11) is 3.00. The van der Waals surface area contributed by atoms with E-state index in [1.807, 2.05) is 60.7 Å². The second-order valence-electron chi connectivity index (χ2n) is 7.86. The van der Waals surface area contributed by atoms with Crippen LogP contribution in [0.15, 0.2) is 97.1 Å². The molecule has 0 heterocycles. The molecular formula is C30H27ClO7. The summed E-state index contributed by atoms with van der Waals surface area (Å²) in [6.07, 6.45) is 0. The maximum Gasteiger partial charge on any atom is 0.335 e. The van der Waals surface area contributed by atoms with Crippen LogP contribution in [-0.4, -0.2) is 30.5 Å². The molecule has 7 nitrogen and oxygen atoms in total. The van der Waals surface area contributed by atoms with Crippen molar-refractivity contribution >= 4 is 22.8 Å². The number of aromatic carboxylic acids is 1. The van der Waals surface area contributed by atoms with Gasteiger partial charge in [-0.25, -0.2) is 4.79 Å². The van der Waals surface area contributed by atoms with Crippen molar-refractivity contribution < 1.29 is 33.6 Å². The molecule has 0 aromatic heterocycles. The zero-order chi connectivity index (χ0) is 27.3. The van der Waals surface area contributed by atoms with Crippen LogP contribution in [-0.2, 0) is 13.2 Å². The zero-order valence-electron chi connectivity index (χ0n) is 20.9. The van der Waals surface area contributed by atoms with Gasteiger partial charge < -0.3 is 24.1 Å². The van der Waals surface area contributed by atoms with E-state index in [-0.39, 0.29) is 5.56 Å². The Morgan fingerprint density at radius 1 is 0.632 bits per heavy atom. The van der Waals surface area contributed by atoms with Gasteiger partial charge in [-0.3, -0.25) is 4.79 Å². The predicted molar refractivity (Wildman–Crippen MR) is 145 cm³/mol.